The smallest absolute Gasteiger partial charge is 0.137 e. The van der Waals surface area contributed by atoms with Crippen LogP contribution < -0.4 is 0 Å². The van der Waals surface area contributed by atoms with Crippen LogP contribution in [-0.4, -0.2) is 19.0 Å². The summed E-state index contributed by atoms with van der Waals surface area (Å²) >= 11 is 9.39. The van der Waals surface area contributed by atoms with Gasteiger partial charge in [0, 0.05) is 29.4 Å². The molecule has 0 aliphatic rings. The molecular weight excluding hydrogens is 303 g/mol. The van der Waals surface area contributed by atoms with Gasteiger partial charge in [0.15, 0.2) is 0 Å². The molecule has 1 rings (SSSR count). The lowest BCUT2D eigenvalue weighted by atomic mass is 10.0. The summed E-state index contributed by atoms with van der Waals surface area (Å²) in [5, 5.41) is 0.632. The summed E-state index contributed by atoms with van der Waals surface area (Å²) in [6.07, 6.45) is 1.80. The fourth-order valence-corrected chi connectivity index (χ4v) is 2.19. The highest BCUT2D eigenvalue weighted by Gasteiger charge is 2.09. The number of Topliss-reactive ketones (excluding diaryl/α,β-unsaturated/α-hetero) is 1. The van der Waals surface area contributed by atoms with E-state index in [1.165, 1.54) is 0 Å². The van der Waals surface area contributed by atoms with Gasteiger partial charge in [0.05, 0.1) is 6.10 Å². The van der Waals surface area contributed by atoms with Gasteiger partial charge < -0.3 is 4.74 Å². The second kappa shape index (κ2) is 7.14. The van der Waals surface area contributed by atoms with Gasteiger partial charge in [-0.25, -0.2) is 0 Å². The number of hydrogen-bond donors (Lipinski definition) is 0. The van der Waals surface area contributed by atoms with Crippen LogP contribution in [0.4, 0.5) is 0 Å². The molecule has 0 aliphatic carbocycles. The van der Waals surface area contributed by atoms with Crippen molar-refractivity contribution < 1.29 is 9.53 Å². The van der Waals surface area contributed by atoms with Gasteiger partial charge in [0.2, 0.25) is 0 Å². The number of benzene rings is 1. The fourth-order valence-electron chi connectivity index (χ4n) is 1.45. The standard InChI is InChI=1S/C13H16BrClO2/c1-9(17-2)3-6-12(16)7-10-4-5-11(14)8-13(10)15/h4-5,8-9H,3,6-7H2,1-2H3. The van der Waals surface area contributed by atoms with Gasteiger partial charge in [-0.05, 0) is 31.0 Å². The number of carbonyl (C=O) groups excluding carboxylic acids is 1. The van der Waals surface area contributed by atoms with Crippen molar-refractivity contribution in [2.24, 2.45) is 0 Å². The molecule has 0 N–H and O–H groups in total. The Morgan fingerprint density at radius 1 is 1.53 bits per heavy atom. The minimum atomic E-state index is 0.124. The molecular formula is C13H16BrClO2. The molecule has 17 heavy (non-hydrogen) atoms. The van der Waals surface area contributed by atoms with Crippen molar-refractivity contribution in [1.29, 1.82) is 0 Å². The van der Waals surface area contributed by atoms with Crippen molar-refractivity contribution in [3.63, 3.8) is 0 Å². The molecule has 0 bridgehead atoms. The molecule has 1 aromatic carbocycles. The SMILES string of the molecule is COC(C)CCC(=O)Cc1ccc(Br)cc1Cl. The second-order valence-corrected chi connectivity index (χ2v) is 5.36. The Kier molecular flexibility index (Phi) is 6.17. The van der Waals surface area contributed by atoms with Crippen LogP contribution in [0.5, 0.6) is 0 Å². The minimum Gasteiger partial charge on any atom is -0.382 e. The third kappa shape index (κ3) is 5.19. The molecule has 1 aromatic rings. The van der Waals surface area contributed by atoms with Gasteiger partial charge in [0.1, 0.15) is 5.78 Å². The van der Waals surface area contributed by atoms with Gasteiger partial charge in [-0.2, -0.15) is 0 Å². The van der Waals surface area contributed by atoms with E-state index in [4.69, 9.17) is 16.3 Å². The molecule has 0 saturated carbocycles. The van der Waals surface area contributed by atoms with Gasteiger partial charge in [-0.3, -0.25) is 4.79 Å². The van der Waals surface area contributed by atoms with Crippen LogP contribution in [0, 0.1) is 0 Å². The van der Waals surface area contributed by atoms with Crippen LogP contribution in [0.2, 0.25) is 5.02 Å². The van der Waals surface area contributed by atoms with Crippen LogP contribution in [0.3, 0.4) is 0 Å². The first-order chi connectivity index (χ1) is 8.02. The maximum atomic E-state index is 11.7. The lowest BCUT2D eigenvalue weighted by Crippen LogP contribution is -2.10. The number of halogens is 2. The average molecular weight is 320 g/mol. The predicted molar refractivity (Wildman–Crippen MR) is 73.6 cm³/mol. The van der Waals surface area contributed by atoms with Gasteiger partial charge >= 0.3 is 0 Å². The summed E-state index contributed by atoms with van der Waals surface area (Å²) < 4.78 is 6.03. The van der Waals surface area contributed by atoms with Crippen LogP contribution >= 0.6 is 27.5 Å². The fraction of sp³-hybridized carbons (Fsp3) is 0.462. The Morgan fingerprint density at radius 3 is 2.82 bits per heavy atom. The zero-order valence-corrected chi connectivity index (χ0v) is 12.3. The number of ketones is 1. The van der Waals surface area contributed by atoms with E-state index in [-0.39, 0.29) is 11.9 Å². The molecule has 0 fully saturated rings. The van der Waals surface area contributed by atoms with Crippen molar-refractivity contribution in [2.45, 2.75) is 32.3 Å². The molecule has 4 heteroatoms. The lowest BCUT2D eigenvalue weighted by molar-refractivity contribution is -0.119. The first-order valence-corrected chi connectivity index (χ1v) is 6.68. The topological polar surface area (TPSA) is 26.3 Å². The Bertz CT molecular complexity index is 393. The second-order valence-electron chi connectivity index (χ2n) is 4.04. The summed E-state index contributed by atoms with van der Waals surface area (Å²) in [4.78, 5) is 11.7. The van der Waals surface area contributed by atoms with E-state index in [1.807, 2.05) is 25.1 Å². The molecule has 94 valence electrons. The van der Waals surface area contributed by atoms with Crippen LogP contribution in [0.15, 0.2) is 22.7 Å². The van der Waals surface area contributed by atoms with E-state index in [2.05, 4.69) is 15.9 Å². The largest absolute Gasteiger partial charge is 0.382 e. The molecule has 1 atom stereocenters. The lowest BCUT2D eigenvalue weighted by Gasteiger charge is -2.08. The van der Waals surface area contributed by atoms with Crippen LogP contribution in [0.25, 0.3) is 0 Å². The normalized spacial score (nSPS) is 12.5. The number of hydrogen-bond acceptors (Lipinski definition) is 2. The number of carbonyl (C=O) groups is 1. The maximum absolute atomic E-state index is 11.7. The molecule has 0 radical (unpaired) electrons. The molecule has 0 amide bonds. The summed E-state index contributed by atoms with van der Waals surface area (Å²) in [5.74, 6) is 0.193. The highest BCUT2D eigenvalue weighted by molar-refractivity contribution is 9.10. The first-order valence-electron chi connectivity index (χ1n) is 5.51. The summed E-state index contributed by atoms with van der Waals surface area (Å²) in [5.41, 5.74) is 0.880. The number of rotatable bonds is 6. The van der Waals surface area contributed by atoms with E-state index < -0.39 is 0 Å². The van der Waals surface area contributed by atoms with E-state index in [9.17, 15) is 4.79 Å². The Morgan fingerprint density at radius 2 is 2.24 bits per heavy atom. The Hall–Kier alpha value is -0.380. The third-order valence-corrected chi connectivity index (χ3v) is 3.48. The molecule has 0 aliphatic heterocycles. The average Bonchev–Trinajstić information content (AvgIpc) is 2.29. The number of ether oxygens (including phenoxy) is 1. The van der Waals surface area contributed by atoms with E-state index in [0.717, 1.165) is 16.5 Å². The molecule has 0 saturated heterocycles. The molecule has 0 spiro atoms. The van der Waals surface area contributed by atoms with Crippen molar-refractivity contribution >= 4 is 33.3 Å². The van der Waals surface area contributed by atoms with E-state index in [0.29, 0.717) is 17.9 Å². The first kappa shape index (κ1) is 14.7. The van der Waals surface area contributed by atoms with Gasteiger partial charge in [-0.15, -0.1) is 0 Å². The highest BCUT2D eigenvalue weighted by atomic mass is 79.9. The van der Waals surface area contributed by atoms with E-state index >= 15 is 0 Å². The van der Waals surface area contributed by atoms with Crippen molar-refractivity contribution in [3.05, 3.63) is 33.3 Å². The Balaban J connectivity index is 2.50. The summed E-state index contributed by atoms with van der Waals surface area (Å²) in [6, 6.07) is 5.58. The zero-order chi connectivity index (χ0) is 12.8. The highest BCUT2D eigenvalue weighted by Crippen LogP contribution is 2.22. The molecule has 0 aromatic heterocycles. The minimum absolute atomic E-state index is 0.124. The van der Waals surface area contributed by atoms with E-state index in [1.54, 1.807) is 7.11 Å². The predicted octanol–water partition coefficient (Wildman–Crippen LogP) is 4.03. The van der Waals surface area contributed by atoms with Gasteiger partial charge in [0.25, 0.3) is 0 Å². The molecule has 1 unspecified atom stereocenters. The van der Waals surface area contributed by atoms with Crippen molar-refractivity contribution in [3.8, 4) is 0 Å². The quantitative estimate of drug-likeness (QED) is 0.791. The third-order valence-electron chi connectivity index (χ3n) is 2.63. The van der Waals surface area contributed by atoms with Crippen molar-refractivity contribution in [1.82, 2.24) is 0 Å². The van der Waals surface area contributed by atoms with Crippen LogP contribution in [0.1, 0.15) is 25.3 Å². The van der Waals surface area contributed by atoms with Crippen LogP contribution in [-0.2, 0) is 16.0 Å². The molecule has 0 heterocycles. The van der Waals surface area contributed by atoms with Gasteiger partial charge in [-0.1, -0.05) is 33.6 Å². The maximum Gasteiger partial charge on any atom is 0.137 e. The zero-order valence-electron chi connectivity index (χ0n) is 10.0. The summed E-state index contributed by atoms with van der Waals surface area (Å²) in [7, 11) is 1.65. The van der Waals surface area contributed by atoms with Crippen molar-refractivity contribution in [2.75, 3.05) is 7.11 Å². The molecule has 2 nitrogen and oxygen atoms in total. The number of methoxy groups -OCH3 is 1. The Labute approximate surface area is 115 Å². The summed E-state index contributed by atoms with van der Waals surface area (Å²) in [6.45, 7) is 1.96. The monoisotopic (exact) mass is 318 g/mol.